The average Bonchev–Trinajstić information content (AvgIpc) is 2.93. The molecular formula is C22H29ClN4O. The van der Waals surface area contributed by atoms with Crippen molar-refractivity contribution in [1.82, 2.24) is 15.3 Å². The maximum atomic E-state index is 12.8. The Balaban J connectivity index is 1.70. The third-order valence-electron chi connectivity index (χ3n) is 4.76. The molecule has 150 valence electrons. The molecule has 3 rings (SSSR count). The highest BCUT2D eigenvalue weighted by Crippen LogP contribution is 2.29. The zero-order chi connectivity index (χ0) is 20.5. The predicted octanol–water partition coefficient (Wildman–Crippen LogP) is 4.65. The first-order valence-corrected chi connectivity index (χ1v) is 10.1. The average molecular weight is 401 g/mol. The van der Waals surface area contributed by atoms with Crippen LogP contribution in [0.5, 0.6) is 0 Å². The number of hydrogen-bond acceptors (Lipinski definition) is 4. The van der Waals surface area contributed by atoms with E-state index in [4.69, 9.17) is 11.6 Å². The third-order valence-corrected chi connectivity index (χ3v) is 4.93. The predicted molar refractivity (Wildman–Crippen MR) is 114 cm³/mol. The summed E-state index contributed by atoms with van der Waals surface area (Å²) in [5, 5.41) is 6.55. The van der Waals surface area contributed by atoms with Crippen molar-refractivity contribution in [2.75, 3.05) is 5.32 Å². The van der Waals surface area contributed by atoms with Gasteiger partial charge < -0.3 is 10.6 Å². The second-order valence-corrected chi connectivity index (χ2v) is 9.84. The molecular weight excluding hydrogens is 372 g/mol. The summed E-state index contributed by atoms with van der Waals surface area (Å²) in [7, 11) is 0. The topological polar surface area (TPSA) is 66.9 Å². The zero-order valence-electron chi connectivity index (χ0n) is 17.3. The first kappa shape index (κ1) is 20.6. The van der Waals surface area contributed by atoms with E-state index in [1.165, 1.54) is 11.1 Å². The van der Waals surface area contributed by atoms with Gasteiger partial charge in [0.15, 0.2) is 0 Å². The lowest BCUT2D eigenvalue weighted by atomic mass is 9.82. The van der Waals surface area contributed by atoms with Gasteiger partial charge in [0.2, 0.25) is 5.28 Å². The molecule has 0 atom stereocenters. The smallest absolute Gasteiger partial charge is 0.270 e. The summed E-state index contributed by atoms with van der Waals surface area (Å²) in [5.41, 5.74) is 2.83. The van der Waals surface area contributed by atoms with Crippen molar-refractivity contribution in [1.29, 1.82) is 0 Å². The number of carbonyl (C=O) groups is 1. The number of anilines is 1. The number of amides is 1. The molecule has 5 nitrogen and oxygen atoms in total. The summed E-state index contributed by atoms with van der Waals surface area (Å²) in [4.78, 5) is 21.2. The Bertz CT molecular complexity index is 848. The van der Waals surface area contributed by atoms with Crippen LogP contribution in [0.25, 0.3) is 0 Å². The Kier molecular flexibility index (Phi) is 5.67. The SMILES string of the molecule is CC(C)(C)CC(C)(C)Nc1cc(C(=O)NC2Cc3ccccc3C2)nc(Cl)n1. The minimum absolute atomic E-state index is 0.0661. The minimum atomic E-state index is -0.223. The molecule has 28 heavy (non-hydrogen) atoms. The van der Waals surface area contributed by atoms with Gasteiger partial charge in [0.05, 0.1) is 0 Å². The maximum absolute atomic E-state index is 12.8. The number of carbonyl (C=O) groups excluding carboxylic acids is 1. The summed E-state index contributed by atoms with van der Waals surface area (Å²) in [5.74, 6) is 0.341. The van der Waals surface area contributed by atoms with Crippen molar-refractivity contribution in [2.45, 2.75) is 65.5 Å². The molecule has 1 aromatic heterocycles. The number of nitrogens with zero attached hydrogens (tertiary/aromatic N) is 2. The standard InChI is InChI=1S/C22H29ClN4O/c1-21(2,3)13-22(4,5)27-18-12-17(25-20(23)26-18)19(28)24-16-10-14-8-6-7-9-15(14)11-16/h6-9,12,16H,10-11,13H2,1-5H3,(H,24,28)(H,25,26,27). The highest BCUT2D eigenvalue weighted by Gasteiger charge is 2.27. The van der Waals surface area contributed by atoms with Gasteiger partial charge in [0.25, 0.3) is 5.91 Å². The minimum Gasteiger partial charge on any atom is -0.365 e. The lowest BCUT2D eigenvalue weighted by Crippen LogP contribution is -2.37. The van der Waals surface area contributed by atoms with Gasteiger partial charge >= 0.3 is 0 Å². The van der Waals surface area contributed by atoms with Crippen LogP contribution < -0.4 is 10.6 Å². The van der Waals surface area contributed by atoms with E-state index in [-0.39, 0.29) is 33.9 Å². The highest BCUT2D eigenvalue weighted by atomic mass is 35.5. The van der Waals surface area contributed by atoms with E-state index >= 15 is 0 Å². The Morgan fingerprint density at radius 1 is 1.11 bits per heavy atom. The first-order valence-electron chi connectivity index (χ1n) is 9.71. The van der Waals surface area contributed by atoms with Crippen LogP contribution in [0.1, 0.15) is 62.7 Å². The quantitative estimate of drug-likeness (QED) is 0.716. The van der Waals surface area contributed by atoms with Crippen molar-refractivity contribution in [2.24, 2.45) is 5.41 Å². The summed E-state index contributed by atoms with van der Waals surface area (Å²) in [6.45, 7) is 10.8. The van der Waals surface area contributed by atoms with E-state index < -0.39 is 0 Å². The van der Waals surface area contributed by atoms with Crippen molar-refractivity contribution in [3.05, 3.63) is 52.4 Å². The summed E-state index contributed by atoms with van der Waals surface area (Å²) < 4.78 is 0. The molecule has 0 aliphatic heterocycles. The molecule has 0 bridgehead atoms. The largest absolute Gasteiger partial charge is 0.365 e. The molecule has 0 saturated carbocycles. The molecule has 0 spiro atoms. The van der Waals surface area contributed by atoms with Gasteiger partial charge in [-0.3, -0.25) is 4.79 Å². The first-order chi connectivity index (χ1) is 13.0. The fourth-order valence-corrected chi connectivity index (χ4v) is 4.42. The lowest BCUT2D eigenvalue weighted by molar-refractivity contribution is 0.0933. The zero-order valence-corrected chi connectivity index (χ0v) is 18.0. The molecule has 1 heterocycles. The highest BCUT2D eigenvalue weighted by molar-refractivity contribution is 6.28. The number of benzene rings is 1. The number of nitrogens with one attached hydrogen (secondary N) is 2. The third kappa shape index (κ3) is 5.44. The van der Waals surface area contributed by atoms with Crippen molar-refractivity contribution >= 4 is 23.3 Å². The second kappa shape index (κ2) is 7.70. The van der Waals surface area contributed by atoms with E-state index in [0.29, 0.717) is 5.82 Å². The van der Waals surface area contributed by atoms with Gasteiger partial charge in [-0.05, 0) is 61.3 Å². The Hall–Kier alpha value is -2.14. The Morgan fingerprint density at radius 3 is 2.29 bits per heavy atom. The molecule has 0 unspecified atom stereocenters. The summed E-state index contributed by atoms with van der Waals surface area (Å²) in [6, 6.07) is 10.0. The molecule has 1 aliphatic carbocycles. The van der Waals surface area contributed by atoms with Gasteiger partial charge in [-0.15, -0.1) is 0 Å². The lowest BCUT2D eigenvalue weighted by Gasteiger charge is -2.33. The monoisotopic (exact) mass is 400 g/mol. The van der Waals surface area contributed by atoms with Gasteiger partial charge in [-0.2, -0.15) is 0 Å². The van der Waals surface area contributed by atoms with Crippen molar-refractivity contribution in [3.63, 3.8) is 0 Å². The molecule has 1 aromatic carbocycles. The molecule has 2 aromatic rings. The molecule has 2 N–H and O–H groups in total. The van der Waals surface area contributed by atoms with Crippen molar-refractivity contribution in [3.8, 4) is 0 Å². The molecule has 0 fully saturated rings. The molecule has 0 radical (unpaired) electrons. The fourth-order valence-electron chi connectivity index (χ4n) is 4.24. The van der Waals surface area contributed by atoms with Gasteiger partial charge in [-0.1, -0.05) is 45.0 Å². The van der Waals surface area contributed by atoms with Gasteiger partial charge in [0, 0.05) is 17.6 Å². The van der Waals surface area contributed by atoms with Crippen LogP contribution in [0.15, 0.2) is 30.3 Å². The number of hydrogen-bond donors (Lipinski definition) is 2. The fraction of sp³-hybridized carbons (Fsp3) is 0.500. The van der Waals surface area contributed by atoms with E-state index in [9.17, 15) is 4.79 Å². The molecule has 6 heteroatoms. The summed E-state index contributed by atoms with van der Waals surface area (Å²) >= 11 is 6.10. The van der Waals surface area contributed by atoms with Crippen LogP contribution in [-0.4, -0.2) is 27.5 Å². The van der Waals surface area contributed by atoms with E-state index in [1.807, 2.05) is 12.1 Å². The van der Waals surface area contributed by atoms with Crippen LogP contribution in [-0.2, 0) is 12.8 Å². The van der Waals surface area contributed by atoms with E-state index in [2.05, 4.69) is 67.4 Å². The van der Waals surface area contributed by atoms with Gasteiger partial charge in [-0.25, -0.2) is 9.97 Å². The van der Waals surface area contributed by atoms with Crippen LogP contribution >= 0.6 is 11.6 Å². The number of fused-ring (bicyclic) bond motifs is 1. The molecule has 1 amide bonds. The normalized spacial score (nSPS) is 14.6. The number of halogens is 1. The van der Waals surface area contributed by atoms with E-state index in [1.54, 1.807) is 6.07 Å². The van der Waals surface area contributed by atoms with Crippen molar-refractivity contribution < 1.29 is 4.79 Å². The van der Waals surface area contributed by atoms with Gasteiger partial charge in [0.1, 0.15) is 11.5 Å². The maximum Gasteiger partial charge on any atom is 0.270 e. The van der Waals surface area contributed by atoms with Crippen LogP contribution in [0.4, 0.5) is 5.82 Å². The summed E-state index contributed by atoms with van der Waals surface area (Å²) in [6.07, 6.45) is 2.61. The number of aromatic nitrogens is 2. The van der Waals surface area contributed by atoms with Crippen LogP contribution in [0.2, 0.25) is 5.28 Å². The number of rotatable bonds is 5. The second-order valence-electron chi connectivity index (χ2n) is 9.50. The van der Waals surface area contributed by atoms with E-state index in [0.717, 1.165) is 19.3 Å². The molecule has 1 aliphatic rings. The Labute approximate surface area is 172 Å². The van der Waals surface area contributed by atoms with Crippen LogP contribution in [0, 0.1) is 5.41 Å². The Morgan fingerprint density at radius 2 is 1.71 bits per heavy atom. The van der Waals surface area contributed by atoms with Crippen LogP contribution in [0.3, 0.4) is 0 Å². The molecule has 0 saturated heterocycles.